The molecule has 1 saturated heterocycles. The van der Waals surface area contributed by atoms with Crippen LogP contribution in [0.4, 0.5) is 4.79 Å². The molecule has 0 N–H and O–H groups in total. The van der Waals surface area contributed by atoms with Gasteiger partial charge in [-0.15, -0.1) is 0 Å². The van der Waals surface area contributed by atoms with Gasteiger partial charge >= 0.3 is 6.09 Å². The van der Waals surface area contributed by atoms with Crippen molar-refractivity contribution in [3.05, 3.63) is 0 Å². The van der Waals surface area contributed by atoms with Gasteiger partial charge in [0.2, 0.25) is 0 Å². The van der Waals surface area contributed by atoms with Crippen LogP contribution in [-0.4, -0.2) is 41.9 Å². The minimum Gasteiger partial charge on any atom is -0.444 e. The van der Waals surface area contributed by atoms with Crippen LogP contribution in [0, 0.1) is 5.92 Å². The molecule has 4 nitrogen and oxygen atoms in total. The van der Waals surface area contributed by atoms with Gasteiger partial charge in [-0.1, -0.05) is 13.3 Å². The van der Waals surface area contributed by atoms with Gasteiger partial charge < -0.3 is 14.4 Å². The minimum absolute atomic E-state index is 0.0197. The third kappa shape index (κ3) is 4.60. The Balaban J connectivity index is 1.80. The second-order valence-corrected chi connectivity index (χ2v) is 7.61. The van der Waals surface area contributed by atoms with E-state index >= 15 is 0 Å². The molecule has 122 valence electrons. The molecule has 2 fully saturated rings. The Morgan fingerprint density at radius 1 is 1.24 bits per heavy atom. The van der Waals surface area contributed by atoms with Crippen molar-refractivity contribution in [1.29, 1.82) is 0 Å². The van der Waals surface area contributed by atoms with Gasteiger partial charge in [0.1, 0.15) is 5.60 Å². The van der Waals surface area contributed by atoms with E-state index in [4.69, 9.17) is 9.47 Å². The molecule has 1 aliphatic heterocycles. The number of piperidine rings is 1. The number of carbonyl (C=O) groups excluding carboxylic acids is 1. The number of likely N-dealkylation sites (tertiary alicyclic amines) is 1. The van der Waals surface area contributed by atoms with Crippen molar-refractivity contribution in [2.24, 2.45) is 5.92 Å². The zero-order chi connectivity index (χ0) is 15.5. The molecule has 1 heterocycles. The highest BCUT2D eigenvalue weighted by Crippen LogP contribution is 2.34. The Kier molecular flexibility index (Phi) is 5.18. The van der Waals surface area contributed by atoms with Crippen LogP contribution in [0.15, 0.2) is 0 Å². The molecule has 21 heavy (non-hydrogen) atoms. The van der Waals surface area contributed by atoms with Gasteiger partial charge in [0, 0.05) is 13.1 Å². The fraction of sp³-hybridized carbons (Fsp3) is 0.941. The first-order valence-electron chi connectivity index (χ1n) is 8.45. The first kappa shape index (κ1) is 16.6. The van der Waals surface area contributed by atoms with E-state index in [0.29, 0.717) is 0 Å². The van der Waals surface area contributed by atoms with Crippen LogP contribution in [0.5, 0.6) is 0 Å². The summed E-state index contributed by atoms with van der Waals surface area (Å²) in [5.74, 6) is 0.775. The average molecular weight is 297 g/mol. The van der Waals surface area contributed by atoms with Crippen LogP contribution in [0.2, 0.25) is 0 Å². The summed E-state index contributed by atoms with van der Waals surface area (Å²) in [5, 5.41) is 0. The minimum atomic E-state index is -0.420. The lowest BCUT2D eigenvalue weighted by Crippen LogP contribution is -2.49. The SMILES string of the molecule is CCC1(OCC2CCC2)CCN(C(=O)OC(C)(C)C)CC1. The monoisotopic (exact) mass is 297 g/mol. The molecule has 4 heteroatoms. The summed E-state index contributed by atoms with van der Waals surface area (Å²) in [4.78, 5) is 13.9. The molecule has 1 amide bonds. The second kappa shape index (κ2) is 6.55. The molecule has 1 saturated carbocycles. The van der Waals surface area contributed by atoms with Crippen molar-refractivity contribution in [2.45, 2.75) is 77.4 Å². The molecule has 2 aliphatic rings. The Morgan fingerprint density at radius 3 is 2.29 bits per heavy atom. The summed E-state index contributed by atoms with van der Waals surface area (Å²) in [6.45, 7) is 10.3. The molecule has 0 radical (unpaired) electrons. The molecule has 1 aliphatic carbocycles. The average Bonchev–Trinajstić information content (AvgIpc) is 2.35. The molecule has 0 aromatic heterocycles. The van der Waals surface area contributed by atoms with Crippen LogP contribution in [0.25, 0.3) is 0 Å². The normalized spacial score (nSPS) is 22.8. The number of hydrogen-bond donors (Lipinski definition) is 0. The first-order valence-corrected chi connectivity index (χ1v) is 8.45. The zero-order valence-corrected chi connectivity index (χ0v) is 14.1. The van der Waals surface area contributed by atoms with Gasteiger partial charge in [0.15, 0.2) is 0 Å². The predicted octanol–water partition coefficient (Wildman–Crippen LogP) is 3.98. The molecular formula is C17H31NO3. The van der Waals surface area contributed by atoms with E-state index in [1.54, 1.807) is 0 Å². The molecule has 0 atom stereocenters. The maximum absolute atomic E-state index is 12.1. The van der Waals surface area contributed by atoms with E-state index < -0.39 is 5.60 Å². The Morgan fingerprint density at radius 2 is 1.86 bits per heavy atom. The summed E-state index contributed by atoms with van der Waals surface area (Å²) < 4.78 is 11.7. The fourth-order valence-corrected chi connectivity index (χ4v) is 2.98. The Bertz CT molecular complexity index is 350. The van der Waals surface area contributed by atoms with Crippen LogP contribution in [0.1, 0.15) is 66.2 Å². The van der Waals surface area contributed by atoms with Gasteiger partial charge in [0.05, 0.1) is 12.2 Å². The van der Waals surface area contributed by atoms with E-state index in [9.17, 15) is 4.79 Å². The lowest BCUT2D eigenvalue weighted by molar-refractivity contribution is -0.104. The van der Waals surface area contributed by atoms with Crippen molar-refractivity contribution in [3.63, 3.8) is 0 Å². The van der Waals surface area contributed by atoms with Crippen LogP contribution in [0.3, 0.4) is 0 Å². The van der Waals surface area contributed by atoms with Gasteiger partial charge in [-0.2, -0.15) is 0 Å². The van der Waals surface area contributed by atoms with Gasteiger partial charge in [-0.3, -0.25) is 0 Å². The van der Waals surface area contributed by atoms with Crippen molar-refractivity contribution in [1.82, 2.24) is 4.90 Å². The van der Waals surface area contributed by atoms with Gasteiger partial charge in [-0.05, 0) is 58.8 Å². The molecular weight excluding hydrogens is 266 g/mol. The Labute approximate surface area is 129 Å². The number of carbonyl (C=O) groups is 1. The zero-order valence-electron chi connectivity index (χ0n) is 14.1. The van der Waals surface area contributed by atoms with Gasteiger partial charge in [0.25, 0.3) is 0 Å². The lowest BCUT2D eigenvalue weighted by atomic mass is 9.85. The van der Waals surface area contributed by atoms with Crippen LogP contribution in [-0.2, 0) is 9.47 Å². The van der Waals surface area contributed by atoms with Gasteiger partial charge in [-0.25, -0.2) is 4.79 Å². The highest BCUT2D eigenvalue weighted by atomic mass is 16.6. The largest absolute Gasteiger partial charge is 0.444 e. The molecule has 0 bridgehead atoms. The first-order chi connectivity index (χ1) is 9.84. The van der Waals surface area contributed by atoms with E-state index in [-0.39, 0.29) is 11.7 Å². The fourth-order valence-electron chi connectivity index (χ4n) is 2.98. The van der Waals surface area contributed by atoms with Crippen molar-refractivity contribution < 1.29 is 14.3 Å². The maximum atomic E-state index is 12.1. The highest BCUT2D eigenvalue weighted by molar-refractivity contribution is 5.68. The maximum Gasteiger partial charge on any atom is 0.410 e. The number of ether oxygens (including phenoxy) is 2. The highest BCUT2D eigenvalue weighted by Gasteiger charge is 2.37. The second-order valence-electron chi connectivity index (χ2n) is 7.61. The van der Waals surface area contributed by atoms with Crippen molar-refractivity contribution in [2.75, 3.05) is 19.7 Å². The number of nitrogens with zero attached hydrogens (tertiary/aromatic N) is 1. The smallest absolute Gasteiger partial charge is 0.410 e. The summed E-state index contributed by atoms with van der Waals surface area (Å²) >= 11 is 0. The topological polar surface area (TPSA) is 38.8 Å². The summed E-state index contributed by atoms with van der Waals surface area (Å²) in [7, 11) is 0. The third-order valence-corrected chi connectivity index (χ3v) is 4.82. The van der Waals surface area contributed by atoms with Crippen molar-refractivity contribution >= 4 is 6.09 Å². The quantitative estimate of drug-likeness (QED) is 0.787. The summed E-state index contributed by atoms with van der Waals surface area (Å²) in [6, 6.07) is 0. The molecule has 0 unspecified atom stereocenters. The molecule has 0 aromatic carbocycles. The predicted molar refractivity (Wildman–Crippen MR) is 83.4 cm³/mol. The Hall–Kier alpha value is -0.770. The standard InChI is InChI=1S/C17H31NO3/c1-5-17(20-13-14-7-6-8-14)9-11-18(12-10-17)15(19)21-16(2,3)4/h14H,5-13H2,1-4H3. The summed E-state index contributed by atoms with van der Waals surface area (Å²) in [5.41, 5.74) is -0.439. The van der Waals surface area contributed by atoms with Crippen LogP contribution >= 0.6 is 0 Å². The van der Waals surface area contributed by atoms with E-state index in [1.807, 2.05) is 25.7 Å². The van der Waals surface area contributed by atoms with Crippen LogP contribution < -0.4 is 0 Å². The number of rotatable bonds is 4. The van der Waals surface area contributed by atoms with E-state index in [2.05, 4.69) is 6.92 Å². The van der Waals surface area contributed by atoms with E-state index in [0.717, 1.165) is 44.9 Å². The summed E-state index contributed by atoms with van der Waals surface area (Å²) in [6.07, 6.45) is 6.70. The van der Waals surface area contributed by atoms with E-state index in [1.165, 1.54) is 19.3 Å². The molecule has 0 spiro atoms. The lowest BCUT2D eigenvalue weighted by Gasteiger charge is -2.42. The number of hydrogen-bond acceptors (Lipinski definition) is 3. The third-order valence-electron chi connectivity index (χ3n) is 4.82. The van der Waals surface area contributed by atoms with Crippen molar-refractivity contribution in [3.8, 4) is 0 Å². The molecule has 0 aromatic rings. The number of amides is 1. The molecule has 2 rings (SSSR count).